The Bertz CT molecular complexity index is 264. The van der Waals surface area contributed by atoms with E-state index < -0.39 is 0 Å². The lowest BCUT2D eigenvalue weighted by molar-refractivity contribution is 0.0525. The van der Waals surface area contributed by atoms with Crippen molar-refractivity contribution in [2.75, 3.05) is 19.6 Å². The third-order valence-corrected chi connectivity index (χ3v) is 5.25. The summed E-state index contributed by atoms with van der Waals surface area (Å²) in [5, 5.41) is 3.63. The lowest BCUT2D eigenvalue weighted by atomic mass is 9.78. The fraction of sp³-hybridized carbons (Fsp3) is 1.00. The maximum absolute atomic E-state index is 3.63. The second-order valence-electron chi connectivity index (χ2n) is 7.53. The Kier molecular flexibility index (Phi) is 5.70. The minimum Gasteiger partial charge on any atom is -0.314 e. The maximum Gasteiger partial charge on any atom is 0.0123 e. The number of rotatable bonds is 4. The molecular formula is C17H34N2. The number of likely N-dealkylation sites (tertiary alicyclic amines) is 1. The predicted molar refractivity (Wildman–Crippen MR) is 83.4 cm³/mol. The standard InChI is InChI=1S/C17H34N2/c1-13(2)18-11-16-6-5-9-19(12-16)17-10-14(3)7-8-15(17)4/h13-18H,5-12H2,1-4H3. The normalized spacial score (nSPS) is 37.7. The highest BCUT2D eigenvalue weighted by molar-refractivity contribution is 4.87. The van der Waals surface area contributed by atoms with Crippen LogP contribution in [0, 0.1) is 17.8 Å². The van der Waals surface area contributed by atoms with Gasteiger partial charge in [-0.3, -0.25) is 4.90 Å². The van der Waals surface area contributed by atoms with Gasteiger partial charge in [-0.05, 0) is 56.5 Å². The van der Waals surface area contributed by atoms with Crippen molar-refractivity contribution in [1.82, 2.24) is 10.2 Å². The molecule has 1 saturated heterocycles. The van der Waals surface area contributed by atoms with Gasteiger partial charge in [-0.15, -0.1) is 0 Å². The number of nitrogens with zero attached hydrogens (tertiary/aromatic N) is 1. The van der Waals surface area contributed by atoms with E-state index in [-0.39, 0.29) is 0 Å². The largest absolute Gasteiger partial charge is 0.314 e. The number of hydrogen-bond donors (Lipinski definition) is 1. The summed E-state index contributed by atoms with van der Waals surface area (Å²) >= 11 is 0. The molecule has 1 saturated carbocycles. The van der Waals surface area contributed by atoms with E-state index in [0.717, 1.165) is 23.8 Å². The molecule has 2 heteroatoms. The maximum atomic E-state index is 3.63. The van der Waals surface area contributed by atoms with E-state index in [1.807, 2.05) is 0 Å². The summed E-state index contributed by atoms with van der Waals surface area (Å²) in [7, 11) is 0. The molecule has 4 unspecified atom stereocenters. The van der Waals surface area contributed by atoms with Crippen molar-refractivity contribution in [3.8, 4) is 0 Å². The molecule has 0 bridgehead atoms. The molecule has 0 aromatic rings. The van der Waals surface area contributed by atoms with E-state index in [2.05, 4.69) is 37.9 Å². The first kappa shape index (κ1) is 15.3. The lowest BCUT2D eigenvalue weighted by Crippen LogP contribution is -2.49. The average Bonchev–Trinajstić information content (AvgIpc) is 2.39. The van der Waals surface area contributed by atoms with Gasteiger partial charge in [0.25, 0.3) is 0 Å². The zero-order valence-corrected chi connectivity index (χ0v) is 13.5. The predicted octanol–water partition coefficient (Wildman–Crippen LogP) is 3.52. The van der Waals surface area contributed by atoms with E-state index in [1.54, 1.807) is 0 Å². The van der Waals surface area contributed by atoms with Crippen molar-refractivity contribution < 1.29 is 0 Å². The van der Waals surface area contributed by atoms with Gasteiger partial charge >= 0.3 is 0 Å². The van der Waals surface area contributed by atoms with Crippen LogP contribution in [0.15, 0.2) is 0 Å². The Balaban J connectivity index is 1.85. The van der Waals surface area contributed by atoms with Gasteiger partial charge in [0.15, 0.2) is 0 Å². The van der Waals surface area contributed by atoms with Gasteiger partial charge in [-0.2, -0.15) is 0 Å². The Morgan fingerprint density at radius 1 is 1.16 bits per heavy atom. The summed E-state index contributed by atoms with van der Waals surface area (Å²) in [6.07, 6.45) is 7.15. The minimum absolute atomic E-state index is 0.629. The third kappa shape index (κ3) is 4.46. The van der Waals surface area contributed by atoms with Crippen LogP contribution in [-0.2, 0) is 0 Å². The minimum atomic E-state index is 0.629. The summed E-state index contributed by atoms with van der Waals surface area (Å²) in [5.41, 5.74) is 0. The van der Waals surface area contributed by atoms with Gasteiger partial charge in [0.2, 0.25) is 0 Å². The van der Waals surface area contributed by atoms with Gasteiger partial charge in [-0.25, -0.2) is 0 Å². The summed E-state index contributed by atoms with van der Waals surface area (Å²) in [5.74, 6) is 2.73. The van der Waals surface area contributed by atoms with Crippen LogP contribution in [0.1, 0.15) is 59.8 Å². The Morgan fingerprint density at radius 3 is 2.68 bits per heavy atom. The number of hydrogen-bond acceptors (Lipinski definition) is 2. The van der Waals surface area contributed by atoms with Crippen LogP contribution >= 0.6 is 0 Å². The van der Waals surface area contributed by atoms with E-state index in [1.165, 1.54) is 51.7 Å². The van der Waals surface area contributed by atoms with Crippen molar-refractivity contribution in [1.29, 1.82) is 0 Å². The molecule has 1 heterocycles. The van der Waals surface area contributed by atoms with Crippen molar-refractivity contribution >= 4 is 0 Å². The fourth-order valence-corrected chi connectivity index (χ4v) is 3.98. The van der Waals surface area contributed by atoms with E-state index in [9.17, 15) is 0 Å². The highest BCUT2D eigenvalue weighted by Crippen LogP contribution is 2.33. The van der Waals surface area contributed by atoms with Crippen LogP contribution in [0.25, 0.3) is 0 Å². The molecule has 2 nitrogen and oxygen atoms in total. The van der Waals surface area contributed by atoms with Crippen LogP contribution in [0.2, 0.25) is 0 Å². The average molecular weight is 266 g/mol. The van der Waals surface area contributed by atoms with Crippen LogP contribution < -0.4 is 5.32 Å². The molecule has 0 spiro atoms. The molecule has 0 aromatic carbocycles. The first-order valence-electron chi connectivity index (χ1n) is 8.53. The summed E-state index contributed by atoms with van der Waals surface area (Å²) in [6, 6.07) is 1.50. The zero-order chi connectivity index (χ0) is 13.8. The van der Waals surface area contributed by atoms with Gasteiger partial charge < -0.3 is 5.32 Å². The first-order valence-corrected chi connectivity index (χ1v) is 8.53. The Morgan fingerprint density at radius 2 is 1.95 bits per heavy atom. The SMILES string of the molecule is CC1CCC(C)C(N2CCCC(CNC(C)C)C2)C1. The van der Waals surface area contributed by atoms with E-state index >= 15 is 0 Å². The number of piperidine rings is 1. The highest BCUT2D eigenvalue weighted by Gasteiger charge is 2.32. The van der Waals surface area contributed by atoms with E-state index in [0.29, 0.717) is 6.04 Å². The molecule has 1 N–H and O–H groups in total. The van der Waals surface area contributed by atoms with Crippen LogP contribution in [-0.4, -0.2) is 36.6 Å². The topological polar surface area (TPSA) is 15.3 Å². The van der Waals surface area contributed by atoms with E-state index in [4.69, 9.17) is 0 Å². The molecular weight excluding hydrogens is 232 g/mol. The monoisotopic (exact) mass is 266 g/mol. The van der Waals surface area contributed by atoms with Gasteiger partial charge in [0.1, 0.15) is 0 Å². The number of nitrogens with one attached hydrogen (secondary N) is 1. The van der Waals surface area contributed by atoms with Gasteiger partial charge in [0, 0.05) is 18.6 Å². The molecule has 4 atom stereocenters. The van der Waals surface area contributed by atoms with Crippen LogP contribution in [0.3, 0.4) is 0 Å². The fourth-order valence-electron chi connectivity index (χ4n) is 3.98. The smallest absolute Gasteiger partial charge is 0.0123 e. The van der Waals surface area contributed by atoms with Gasteiger partial charge in [-0.1, -0.05) is 34.1 Å². The molecule has 2 aliphatic rings. The molecule has 112 valence electrons. The molecule has 19 heavy (non-hydrogen) atoms. The summed E-state index contributed by atoms with van der Waals surface area (Å²) in [4.78, 5) is 2.83. The molecule has 1 aliphatic carbocycles. The molecule has 2 rings (SSSR count). The van der Waals surface area contributed by atoms with Crippen molar-refractivity contribution in [3.05, 3.63) is 0 Å². The molecule has 2 fully saturated rings. The molecule has 1 aliphatic heterocycles. The lowest BCUT2D eigenvalue weighted by Gasteiger charge is -2.44. The molecule has 0 radical (unpaired) electrons. The first-order chi connectivity index (χ1) is 9.06. The summed E-state index contributed by atoms with van der Waals surface area (Å²) < 4.78 is 0. The highest BCUT2D eigenvalue weighted by atomic mass is 15.2. The summed E-state index contributed by atoms with van der Waals surface area (Å²) in [6.45, 7) is 13.3. The molecule has 0 aromatic heterocycles. The second-order valence-corrected chi connectivity index (χ2v) is 7.53. The van der Waals surface area contributed by atoms with Crippen molar-refractivity contribution in [2.45, 2.75) is 71.9 Å². The molecule has 0 amide bonds. The van der Waals surface area contributed by atoms with Gasteiger partial charge in [0.05, 0.1) is 0 Å². The Labute approximate surface area is 120 Å². The van der Waals surface area contributed by atoms with Crippen molar-refractivity contribution in [3.63, 3.8) is 0 Å². The van der Waals surface area contributed by atoms with Crippen LogP contribution in [0.4, 0.5) is 0 Å². The third-order valence-electron chi connectivity index (χ3n) is 5.25. The van der Waals surface area contributed by atoms with Crippen molar-refractivity contribution in [2.24, 2.45) is 17.8 Å². The Hall–Kier alpha value is -0.0800. The second kappa shape index (κ2) is 7.08. The van der Waals surface area contributed by atoms with Crippen LogP contribution in [0.5, 0.6) is 0 Å². The quantitative estimate of drug-likeness (QED) is 0.837. The zero-order valence-electron chi connectivity index (χ0n) is 13.5.